The fraction of sp³-hybridized carbons (Fsp3) is 0.250. The van der Waals surface area contributed by atoms with E-state index >= 15 is 0 Å². The lowest BCUT2D eigenvalue weighted by atomic mass is 10.2. The summed E-state index contributed by atoms with van der Waals surface area (Å²) in [6.07, 6.45) is 3.42. The van der Waals surface area contributed by atoms with E-state index in [0.717, 1.165) is 0 Å². The van der Waals surface area contributed by atoms with Gasteiger partial charge >= 0.3 is 0 Å². The summed E-state index contributed by atoms with van der Waals surface area (Å²) < 4.78 is 28.5. The number of nitrogens with two attached hydrogens (primary N) is 1. The van der Waals surface area contributed by atoms with Crippen molar-refractivity contribution in [3.05, 3.63) is 42.2 Å². The minimum Gasteiger partial charge on any atom is -0.398 e. The molecule has 1 aromatic heterocycles. The zero-order valence-electron chi connectivity index (χ0n) is 10.6. The Morgan fingerprint density at radius 1 is 1.37 bits per heavy atom. The fourth-order valence-electron chi connectivity index (χ4n) is 1.84. The Bertz CT molecular complexity index is 630. The first-order chi connectivity index (χ1) is 9.00. The van der Waals surface area contributed by atoms with Crippen LogP contribution in [0.2, 0.25) is 0 Å². The highest BCUT2D eigenvalue weighted by molar-refractivity contribution is 7.89. The number of aromatic nitrogens is 2. The van der Waals surface area contributed by atoms with E-state index in [1.807, 2.05) is 0 Å². The molecule has 0 fully saturated rings. The average Bonchev–Trinajstić information content (AvgIpc) is 2.81. The van der Waals surface area contributed by atoms with Crippen molar-refractivity contribution in [1.29, 1.82) is 0 Å². The number of hydrogen-bond donors (Lipinski definition) is 2. The van der Waals surface area contributed by atoms with E-state index in [0.29, 0.717) is 12.1 Å². The van der Waals surface area contributed by atoms with Crippen LogP contribution in [0.4, 0.5) is 5.69 Å². The Labute approximate surface area is 112 Å². The Morgan fingerprint density at radius 2 is 2.16 bits per heavy atom. The first-order valence-corrected chi connectivity index (χ1v) is 7.31. The predicted molar refractivity (Wildman–Crippen MR) is 73.0 cm³/mol. The van der Waals surface area contributed by atoms with E-state index in [-0.39, 0.29) is 17.1 Å². The van der Waals surface area contributed by atoms with E-state index in [1.165, 1.54) is 0 Å². The summed E-state index contributed by atoms with van der Waals surface area (Å²) in [5, 5.41) is 4.00. The van der Waals surface area contributed by atoms with Gasteiger partial charge in [-0.1, -0.05) is 12.1 Å². The summed E-state index contributed by atoms with van der Waals surface area (Å²) in [4.78, 5) is 0.149. The standard InChI is InChI=1S/C12H16N4O2S/c1-10-4-2-5-11(13)12(10)19(17,18)15-7-9-16-8-3-6-14-16/h2-6,8,15H,7,9,13H2,1H3. The molecule has 1 heterocycles. The molecule has 0 amide bonds. The molecule has 19 heavy (non-hydrogen) atoms. The van der Waals surface area contributed by atoms with Gasteiger partial charge in [0.1, 0.15) is 4.90 Å². The van der Waals surface area contributed by atoms with E-state index in [1.54, 1.807) is 48.3 Å². The average molecular weight is 280 g/mol. The van der Waals surface area contributed by atoms with E-state index in [9.17, 15) is 8.42 Å². The second kappa shape index (κ2) is 5.41. The van der Waals surface area contributed by atoms with Crippen molar-refractivity contribution in [1.82, 2.24) is 14.5 Å². The largest absolute Gasteiger partial charge is 0.398 e. The van der Waals surface area contributed by atoms with Crippen LogP contribution >= 0.6 is 0 Å². The van der Waals surface area contributed by atoms with E-state index in [4.69, 9.17) is 5.73 Å². The molecule has 1 aromatic carbocycles. The summed E-state index contributed by atoms with van der Waals surface area (Å²) >= 11 is 0. The molecule has 102 valence electrons. The maximum Gasteiger partial charge on any atom is 0.242 e. The molecule has 2 rings (SSSR count). The highest BCUT2D eigenvalue weighted by Gasteiger charge is 2.19. The fourth-order valence-corrected chi connectivity index (χ4v) is 3.22. The predicted octanol–water partition coefficient (Wildman–Crippen LogP) is 0.752. The Balaban J connectivity index is 2.10. The highest BCUT2D eigenvalue weighted by atomic mass is 32.2. The summed E-state index contributed by atoms with van der Waals surface area (Å²) in [6, 6.07) is 6.81. The molecule has 2 aromatic rings. The first kappa shape index (κ1) is 13.6. The number of nitrogens with zero attached hydrogens (tertiary/aromatic N) is 2. The SMILES string of the molecule is Cc1cccc(N)c1S(=O)(=O)NCCn1cccn1. The van der Waals surface area contributed by atoms with Crippen molar-refractivity contribution >= 4 is 15.7 Å². The van der Waals surface area contributed by atoms with Crippen LogP contribution < -0.4 is 10.5 Å². The van der Waals surface area contributed by atoms with Gasteiger partial charge in [0.25, 0.3) is 0 Å². The number of sulfonamides is 1. The molecule has 6 nitrogen and oxygen atoms in total. The molecule has 0 atom stereocenters. The van der Waals surface area contributed by atoms with Gasteiger partial charge in [0, 0.05) is 18.9 Å². The van der Waals surface area contributed by atoms with Gasteiger partial charge in [-0.3, -0.25) is 4.68 Å². The zero-order chi connectivity index (χ0) is 13.9. The molecule has 0 unspecified atom stereocenters. The van der Waals surface area contributed by atoms with Gasteiger partial charge < -0.3 is 5.73 Å². The molecular weight excluding hydrogens is 264 g/mol. The van der Waals surface area contributed by atoms with Crippen LogP contribution in [0.15, 0.2) is 41.6 Å². The summed E-state index contributed by atoms with van der Waals surface area (Å²) in [5.74, 6) is 0. The molecule has 3 N–H and O–H groups in total. The first-order valence-electron chi connectivity index (χ1n) is 5.83. The van der Waals surface area contributed by atoms with Crippen LogP contribution in [-0.4, -0.2) is 24.7 Å². The Kier molecular flexibility index (Phi) is 3.87. The van der Waals surface area contributed by atoms with Gasteiger partial charge in [-0.25, -0.2) is 13.1 Å². The van der Waals surface area contributed by atoms with Crippen LogP contribution in [0, 0.1) is 6.92 Å². The molecule has 0 aliphatic rings. The van der Waals surface area contributed by atoms with Crippen LogP contribution in [-0.2, 0) is 16.6 Å². The van der Waals surface area contributed by atoms with Gasteiger partial charge in [0.2, 0.25) is 10.0 Å². The van der Waals surface area contributed by atoms with Crippen LogP contribution in [0.1, 0.15) is 5.56 Å². The zero-order valence-corrected chi connectivity index (χ0v) is 11.4. The maximum absolute atomic E-state index is 12.2. The van der Waals surface area contributed by atoms with Gasteiger partial charge in [0.05, 0.1) is 12.2 Å². The van der Waals surface area contributed by atoms with Gasteiger partial charge in [0.15, 0.2) is 0 Å². The number of hydrogen-bond acceptors (Lipinski definition) is 4. The molecule has 0 saturated heterocycles. The Morgan fingerprint density at radius 3 is 2.79 bits per heavy atom. The summed E-state index contributed by atoms with van der Waals surface area (Å²) in [5.41, 5.74) is 6.62. The number of anilines is 1. The third-order valence-corrected chi connectivity index (χ3v) is 4.38. The minimum absolute atomic E-state index is 0.149. The minimum atomic E-state index is -3.59. The molecule has 0 aliphatic heterocycles. The second-order valence-corrected chi connectivity index (χ2v) is 5.86. The third-order valence-electron chi connectivity index (χ3n) is 2.70. The van der Waals surface area contributed by atoms with Crippen molar-refractivity contribution < 1.29 is 8.42 Å². The molecule has 0 bridgehead atoms. The molecule has 7 heteroatoms. The van der Waals surface area contributed by atoms with E-state index < -0.39 is 10.0 Å². The molecule has 0 aliphatic carbocycles. The van der Waals surface area contributed by atoms with Crippen LogP contribution in [0.3, 0.4) is 0 Å². The maximum atomic E-state index is 12.2. The smallest absolute Gasteiger partial charge is 0.242 e. The van der Waals surface area contributed by atoms with E-state index in [2.05, 4.69) is 9.82 Å². The molecule has 0 radical (unpaired) electrons. The second-order valence-electron chi connectivity index (χ2n) is 4.16. The number of nitrogen functional groups attached to an aromatic ring is 1. The van der Waals surface area contributed by atoms with Gasteiger partial charge in [-0.05, 0) is 24.6 Å². The number of benzene rings is 1. The molecule has 0 saturated carbocycles. The highest BCUT2D eigenvalue weighted by Crippen LogP contribution is 2.21. The number of nitrogens with one attached hydrogen (secondary N) is 1. The third kappa shape index (κ3) is 3.12. The topological polar surface area (TPSA) is 90.0 Å². The summed E-state index contributed by atoms with van der Waals surface area (Å²) in [7, 11) is -3.59. The molecular formula is C12H16N4O2S. The number of aryl methyl sites for hydroxylation is 1. The Hall–Kier alpha value is -1.86. The monoisotopic (exact) mass is 280 g/mol. The molecule has 0 spiro atoms. The van der Waals surface area contributed by atoms with Gasteiger partial charge in [-0.15, -0.1) is 0 Å². The van der Waals surface area contributed by atoms with Gasteiger partial charge in [-0.2, -0.15) is 5.10 Å². The quantitative estimate of drug-likeness (QED) is 0.791. The lowest BCUT2D eigenvalue weighted by Crippen LogP contribution is -2.28. The van der Waals surface area contributed by atoms with Crippen molar-refractivity contribution in [3.63, 3.8) is 0 Å². The lowest BCUT2D eigenvalue weighted by Gasteiger charge is -2.11. The van der Waals surface area contributed by atoms with Crippen molar-refractivity contribution in [3.8, 4) is 0 Å². The van der Waals surface area contributed by atoms with Crippen molar-refractivity contribution in [2.45, 2.75) is 18.4 Å². The number of rotatable bonds is 5. The normalized spacial score (nSPS) is 11.6. The van der Waals surface area contributed by atoms with Crippen molar-refractivity contribution in [2.24, 2.45) is 0 Å². The summed E-state index contributed by atoms with van der Waals surface area (Å²) in [6.45, 7) is 2.45. The lowest BCUT2D eigenvalue weighted by molar-refractivity contribution is 0.561. The van der Waals surface area contributed by atoms with Crippen molar-refractivity contribution in [2.75, 3.05) is 12.3 Å². The van der Waals surface area contributed by atoms with Crippen LogP contribution in [0.5, 0.6) is 0 Å². The van der Waals surface area contributed by atoms with Crippen LogP contribution in [0.25, 0.3) is 0 Å².